The summed E-state index contributed by atoms with van der Waals surface area (Å²) in [5, 5.41) is 18.6. The van der Waals surface area contributed by atoms with E-state index in [1.54, 1.807) is 0 Å². The lowest BCUT2D eigenvalue weighted by Gasteiger charge is -2.20. The lowest BCUT2D eigenvalue weighted by atomic mass is 9.94. The van der Waals surface area contributed by atoms with Crippen LogP contribution >= 0.6 is 21.6 Å². The Kier molecular flexibility index (Phi) is 14.9. The summed E-state index contributed by atoms with van der Waals surface area (Å²) in [5.41, 5.74) is 11.3. The molecule has 8 heteroatoms. The molecule has 0 aliphatic heterocycles. The van der Waals surface area contributed by atoms with Crippen LogP contribution in [0.5, 0.6) is 0 Å². The normalized spacial score (nSPS) is 12.3. The Morgan fingerprint density at radius 3 is 1.98 bits per heavy atom. The van der Waals surface area contributed by atoms with Gasteiger partial charge >= 0.3 is 0 Å². The van der Waals surface area contributed by atoms with Crippen molar-refractivity contribution in [3.05, 3.63) is 119 Å². The fourth-order valence-electron chi connectivity index (χ4n) is 6.06. The van der Waals surface area contributed by atoms with Gasteiger partial charge in [0.15, 0.2) is 31.2 Å². The van der Waals surface area contributed by atoms with Crippen molar-refractivity contribution in [2.45, 2.75) is 53.1 Å². The first-order valence-corrected chi connectivity index (χ1v) is 19.4. The molecule has 0 spiro atoms. The molecule has 0 aliphatic rings. The maximum absolute atomic E-state index is 9.29. The van der Waals surface area contributed by atoms with Crippen molar-refractivity contribution in [3.63, 3.8) is 0 Å². The number of hydrogen-bond donors (Lipinski definition) is 2. The Balaban J connectivity index is 1.29. The minimum absolute atomic E-state index is 0.149. The van der Waals surface area contributed by atoms with Gasteiger partial charge in [-0.05, 0) is 85.9 Å². The van der Waals surface area contributed by atoms with Crippen LogP contribution in [0.1, 0.15) is 53.4 Å². The summed E-state index contributed by atoms with van der Waals surface area (Å²) in [5.74, 6) is 2.50. The molecule has 1 unspecified atom stereocenters. The largest absolute Gasteiger partial charge is 0.395 e. The van der Waals surface area contributed by atoms with Crippen LogP contribution < -0.4 is 18.9 Å². The van der Waals surface area contributed by atoms with E-state index < -0.39 is 0 Å². The lowest BCUT2D eigenvalue weighted by Crippen LogP contribution is -2.40. The summed E-state index contributed by atoms with van der Waals surface area (Å²) >= 11 is 0. The van der Waals surface area contributed by atoms with Crippen molar-refractivity contribution in [2.75, 3.05) is 61.7 Å². The average Bonchev–Trinajstić information content (AvgIpc) is 3.08. The van der Waals surface area contributed by atoms with Gasteiger partial charge < -0.3 is 20.0 Å². The highest BCUT2D eigenvalue weighted by Gasteiger charge is 2.19. The summed E-state index contributed by atoms with van der Waals surface area (Å²) in [6.45, 7) is 12.4. The predicted octanol–water partition coefficient (Wildman–Crippen LogP) is 6.72. The molecular formula is C40H54N4O2S2+2. The van der Waals surface area contributed by atoms with Crippen molar-refractivity contribution in [3.8, 4) is 0 Å². The number of aliphatic hydroxyl groups excluding tert-OH is 2. The van der Waals surface area contributed by atoms with E-state index in [9.17, 15) is 10.2 Å². The van der Waals surface area contributed by atoms with E-state index in [1.165, 1.54) is 39.2 Å². The number of anilines is 2. The summed E-state index contributed by atoms with van der Waals surface area (Å²) < 4.78 is 4.79. The monoisotopic (exact) mass is 686 g/mol. The van der Waals surface area contributed by atoms with Crippen molar-refractivity contribution in [2.24, 2.45) is 0 Å². The second-order valence-electron chi connectivity index (χ2n) is 12.6. The van der Waals surface area contributed by atoms with Crippen LogP contribution in [-0.2, 0) is 19.5 Å². The summed E-state index contributed by atoms with van der Waals surface area (Å²) in [4.78, 5) is 4.18. The molecule has 0 saturated heterocycles. The molecule has 2 N–H and O–H groups in total. The highest BCUT2D eigenvalue weighted by molar-refractivity contribution is 8.76. The second-order valence-corrected chi connectivity index (χ2v) is 15.3. The Morgan fingerprint density at radius 2 is 1.35 bits per heavy atom. The zero-order chi connectivity index (χ0) is 34.5. The fraction of sp³-hybridized carbons (Fsp3) is 0.400. The number of aliphatic hydroxyl groups is 2. The number of benzene rings is 2. The molecule has 6 nitrogen and oxygen atoms in total. The van der Waals surface area contributed by atoms with Gasteiger partial charge in [0.25, 0.3) is 0 Å². The number of allylic oxidation sites excluding steroid dienone is 1. The van der Waals surface area contributed by atoms with Gasteiger partial charge in [0.2, 0.25) is 5.69 Å². The van der Waals surface area contributed by atoms with Gasteiger partial charge in [-0.25, -0.2) is 4.57 Å². The van der Waals surface area contributed by atoms with E-state index in [0.717, 1.165) is 42.4 Å². The van der Waals surface area contributed by atoms with Crippen molar-refractivity contribution >= 4 is 44.6 Å². The fourth-order valence-corrected chi connectivity index (χ4v) is 8.00. The molecule has 1 atom stereocenters. The predicted molar refractivity (Wildman–Crippen MR) is 207 cm³/mol. The molecule has 0 fully saturated rings. The Labute approximate surface area is 296 Å². The van der Waals surface area contributed by atoms with Gasteiger partial charge in [-0.3, -0.25) is 0 Å². The van der Waals surface area contributed by atoms with E-state index in [0.29, 0.717) is 19.0 Å². The molecule has 4 aromatic rings. The number of pyridine rings is 2. The number of rotatable bonds is 18. The topological polar surface area (TPSA) is 54.7 Å². The van der Waals surface area contributed by atoms with Crippen LogP contribution in [-0.4, -0.2) is 62.1 Å². The summed E-state index contributed by atoms with van der Waals surface area (Å²) in [7, 11) is 7.94. The third-order valence-corrected chi connectivity index (χ3v) is 11.3. The molecule has 0 radical (unpaired) electrons. The third-order valence-electron chi connectivity index (χ3n) is 8.97. The minimum atomic E-state index is 0.149. The Hall–Kier alpha value is -3.30. The van der Waals surface area contributed by atoms with Crippen LogP contribution in [0.4, 0.5) is 11.4 Å². The van der Waals surface area contributed by atoms with Gasteiger partial charge in [0.1, 0.15) is 0 Å². The SMILES string of the molecule is C/C(=C\c1ccc(N(C)CCO)cc1C)c1cccc[n+]1CCSSCC[n+]1ccccc1C(C)Cc1ccc(N(C)CCO)cc1C. The van der Waals surface area contributed by atoms with Gasteiger partial charge in [0, 0.05) is 74.3 Å². The minimum Gasteiger partial charge on any atom is -0.395 e. The van der Waals surface area contributed by atoms with Gasteiger partial charge in [-0.15, -0.1) is 0 Å². The Morgan fingerprint density at radius 1 is 0.771 bits per heavy atom. The lowest BCUT2D eigenvalue weighted by molar-refractivity contribution is -0.700. The van der Waals surface area contributed by atoms with E-state index in [-0.39, 0.29) is 13.2 Å². The van der Waals surface area contributed by atoms with Crippen molar-refractivity contribution in [1.29, 1.82) is 0 Å². The molecule has 256 valence electrons. The van der Waals surface area contributed by atoms with Crippen LogP contribution in [0.15, 0.2) is 85.2 Å². The van der Waals surface area contributed by atoms with Gasteiger partial charge in [-0.2, -0.15) is 4.57 Å². The number of likely N-dealkylation sites (N-methyl/N-ethyl adjacent to an activating group) is 2. The maximum Gasteiger partial charge on any atom is 0.208 e. The average molecular weight is 687 g/mol. The number of aromatic nitrogens is 2. The van der Waals surface area contributed by atoms with Gasteiger partial charge in [-0.1, -0.05) is 46.7 Å². The molecular weight excluding hydrogens is 633 g/mol. The quantitative estimate of drug-likeness (QED) is 0.0689. The first-order valence-electron chi connectivity index (χ1n) is 17.0. The number of nitrogens with zero attached hydrogens (tertiary/aromatic N) is 4. The van der Waals surface area contributed by atoms with Crippen LogP contribution in [0.3, 0.4) is 0 Å². The molecule has 4 rings (SSSR count). The molecule has 0 aliphatic carbocycles. The summed E-state index contributed by atoms with van der Waals surface area (Å²) in [6.07, 6.45) is 7.69. The zero-order valence-corrected chi connectivity index (χ0v) is 31.2. The van der Waals surface area contributed by atoms with Crippen molar-refractivity contribution < 1.29 is 19.3 Å². The number of aryl methyl sites for hydroxylation is 4. The molecule has 2 aromatic carbocycles. The van der Waals surface area contributed by atoms with E-state index in [4.69, 9.17) is 0 Å². The van der Waals surface area contributed by atoms with E-state index >= 15 is 0 Å². The summed E-state index contributed by atoms with van der Waals surface area (Å²) in [6, 6.07) is 26.2. The van der Waals surface area contributed by atoms with Crippen LogP contribution in [0.25, 0.3) is 11.6 Å². The molecule has 0 saturated carbocycles. The van der Waals surface area contributed by atoms with E-state index in [1.807, 2.05) is 35.7 Å². The van der Waals surface area contributed by atoms with Crippen molar-refractivity contribution in [1.82, 2.24) is 0 Å². The first kappa shape index (κ1) is 37.5. The second kappa shape index (κ2) is 19.0. The number of hydrogen-bond acceptors (Lipinski definition) is 6. The smallest absolute Gasteiger partial charge is 0.208 e. The molecule has 0 amide bonds. The highest BCUT2D eigenvalue weighted by Crippen LogP contribution is 2.26. The first-order chi connectivity index (χ1) is 23.2. The molecule has 2 aromatic heterocycles. The van der Waals surface area contributed by atoms with Crippen LogP contribution in [0.2, 0.25) is 0 Å². The highest BCUT2D eigenvalue weighted by atomic mass is 33.1. The maximum atomic E-state index is 9.29. The zero-order valence-electron chi connectivity index (χ0n) is 29.6. The molecule has 48 heavy (non-hydrogen) atoms. The third kappa shape index (κ3) is 10.6. The van der Waals surface area contributed by atoms with Crippen LogP contribution in [0, 0.1) is 13.8 Å². The van der Waals surface area contributed by atoms with E-state index in [2.05, 4.69) is 138 Å². The standard InChI is InChI=1S/C40H54N4O2S2/c1-31-29-37(41(5)19-23-45)15-13-35(31)27-33(3)39-11-7-9-17-43(39)21-25-47-48-26-22-44-18-10-8-12-40(44)34(4)28-36-14-16-38(30-32(36)2)42(6)20-24-46/h7-18,27,29-30,34,45-46H,19-26,28H2,1-6H3/q+2. The molecule has 0 bridgehead atoms. The van der Waals surface area contributed by atoms with Gasteiger partial charge in [0.05, 0.1) is 24.7 Å². The molecule has 2 heterocycles. The Bertz CT molecular complexity index is 1640.